The quantitative estimate of drug-likeness (QED) is 0.173. The third-order valence-corrected chi connectivity index (χ3v) is 14.4. The van der Waals surface area contributed by atoms with Crippen LogP contribution in [0.5, 0.6) is 0 Å². The predicted molar refractivity (Wildman–Crippen MR) is 252 cm³/mol. The molecule has 0 atom stereocenters. The van der Waals surface area contributed by atoms with E-state index in [0.29, 0.717) is 0 Å². The van der Waals surface area contributed by atoms with Gasteiger partial charge in [-0.1, -0.05) is 170 Å². The number of aromatic nitrogens is 1. The van der Waals surface area contributed by atoms with Gasteiger partial charge >= 0.3 is 0 Å². The summed E-state index contributed by atoms with van der Waals surface area (Å²) in [4.78, 5) is 3.67. The van der Waals surface area contributed by atoms with Crippen molar-refractivity contribution in [2.45, 2.75) is 6.42 Å². The van der Waals surface area contributed by atoms with E-state index >= 15 is 0 Å². The fourth-order valence-corrected chi connectivity index (χ4v) is 11.5. The molecule has 0 spiro atoms. The summed E-state index contributed by atoms with van der Waals surface area (Å²) in [6.07, 6.45) is 3.33. The normalized spacial score (nSPS) is 12.5. The molecule has 0 aliphatic heterocycles. The molecule has 0 unspecified atom stereocenters. The molecule has 0 fully saturated rings. The van der Waals surface area contributed by atoms with Crippen LogP contribution in [0.15, 0.2) is 188 Å². The molecule has 1 nitrogen and oxygen atoms in total. The van der Waals surface area contributed by atoms with Crippen LogP contribution >= 0.6 is 22.7 Å². The van der Waals surface area contributed by atoms with Crippen molar-refractivity contribution in [2.24, 2.45) is 0 Å². The first-order valence-electron chi connectivity index (χ1n) is 19.8. The lowest BCUT2D eigenvalue weighted by Gasteiger charge is -2.07. The molecular formula is C55H35NS2. The van der Waals surface area contributed by atoms with E-state index in [9.17, 15) is 0 Å². The van der Waals surface area contributed by atoms with Crippen LogP contribution in [-0.2, 0) is 6.42 Å². The van der Waals surface area contributed by atoms with Crippen LogP contribution in [0.2, 0.25) is 0 Å². The molecule has 3 heteroatoms. The predicted octanol–water partition coefficient (Wildman–Crippen LogP) is 16.2. The maximum Gasteiger partial charge on any atom is 0.0542 e. The van der Waals surface area contributed by atoms with Gasteiger partial charge < -0.3 is 4.98 Å². The van der Waals surface area contributed by atoms with Gasteiger partial charge in [-0.15, -0.1) is 22.7 Å². The highest BCUT2D eigenvalue weighted by Gasteiger charge is 2.17. The van der Waals surface area contributed by atoms with Gasteiger partial charge in [-0.05, 0) is 103 Å². The largest absolute Gasteiger partial charge is 0.355 e. The van der Waals surface area contributed by atoms with Gasteiger partial charge in [0, 0.05) is 36.8 Å². The SMILES string of the molecule is C1=C(c2ccc(-c3ccc4c(c3)sc3c5ccc(-c6ccc(-c7cc8ccc(-c9ccccc9)cc8[nH]7)cc6)cc5sc43)cc2)Cc2cc(-c3ccccc3)ccc21. The van der Waals surface area contributed by atoms with E-state index in [4.69, 9.17) is 0 Å². The number of thiophene rings is 2. The van der Waals surface area contributed by atoms with Crippen LogP contribution in [0.3, 0.4) is 0 Å². The number of nitrogens with one attached hydrogen (secondary N) is 1. The zero-order chi connectivity index (χ0) is 38.2. The van der Waals surface area contributed by atoms with Gasteiger partial charge in [-0.2, -0.15) is 0 Å². The highest BCUT2D eigenvalue weighted by atomic mass is 32.1. The maximum absolute atomic E-state index is 3.67. The lowest BCUT2D eigenvalue weighted by Crippen LogP contribution is -1.87. The molecule has 11 aromatic rings. The Labute approximate surface area is 344 Å². The van der Waals surface area contributed by atoms with E-state index < -0.39 is 0 Å². The molecule has 272 valence electrons. The van der Waals surface area contributed by atoms with Crippen molar-refractivity contribution in [3.8, 4) is 55.8 Å². The number of fused-ring (bicyclic) bond motifs is 7. The van der Waals surface area contributed by atoms with Gasteiger partial charge in [0.15, 0.2) is 0 Å². The average Bonchev–Trinajstić information content (AvgIpc) is 4.08. The van der Waals surface area contributed by atoms with Crippen LogP contribution in [0.4, 0.5) is 0 Å². The van der Waals surface area contributed by atoms with Crippen molar-refractivity contribution >= 4 is 74.8 Å². The van der Waals surface area contributed by atoms with Crippen LogP contribution in [0.25, 0.3) is 108 Å². The fraction of sp³-hybridized carbons (Fsp3) is 0.0182. The zero-order valence-corrected chi connectivity index (χ0v) is 33.1. The summed E-state index contributed by atoms with van der Waals surface area (Å²) in [6.45, 7) is 0. The molecule has 12 rings (SSSR count). The second kappa shape index (κ2) is 13.4. The number of benzene rings is 8. The van der Waals surface area contributed by atoms with Crippen molar-refractivity contribution in [3.05, 3.63) is 205 Å². The maximum atomic E-state index is 3.67. The molecule has 1 aliphatic rings. The van der Waals surface area contributed by atoms with E-state index in [1.165, 1.54) is 107 Å². The summed E-state index contributed by atoms with van der Waals surface area (Å²) in [5, 5.41) is 3.93. The summed E-state index contributed by atoms with van der Waals surface area (Å²) in [5.41, 5.74) is 18.9. The van der Waals surface area contributed by atoms with Crippen molar-refractivity contribution in [3.63, 3.8) is 0 Å². The van der Waals surface area contributed by atoms with E-state index in [0.717, 1.165) is 17.6 Å². The van der Waals surface area contributed by atoms with Crippen molar-refractivity contribution in [2.75, 3.05) is 0 Å². The van der Waals surface area contributed by atoms with Gasteiger partial charge in [-0.25, -0.2) is 0 Å². The number of rotatable bonds is 6. The third kappa shape index (κ3) is 5.74. The first kappa shape index (κ1) is 33.4. The molecular weight excluding hydrogens is 739 g/mol. The highest BCUT2D eigenvalue weighted by Crippen LogP contribution is 2.46. The van der Waals surface area contributed by atoms with Crippen molar-refractivity contribution in [1.82, 2.24) is 4.98 Å². The van der Waals surface area contributed by atoms with Crippen molar-refractivity contribution in [1.29, 1.82) is 0 Å². The molecule has 0 amide bonds. The topological polar surface area (TPSA) is 15.8 Å². The van der Waals surface area contributed by atoms with Crippen molar-refractivity contribution < 1.29 is 0 Å². The zero-order valence-electron chi connectivity index (χ0n) is 31.5. The smallest absolute Gasteiger partial charge is 0.0542 e. The highest BCUT2D eigenvalue weighted by molar-refractivity contribution is 7.36. The number of H-pyrrole nitrogens is 1. The Morgan fingerprint density at radius 1 is 0.379 bits per heavy atom. The standard InChI is InChI=1S/C55H35NS2/c1-3-7-34(8-4-1)40-19-20-41-28-46(29-47(41)27-40)38-13-11-36(12-14-38)43-23-25-48-52(32-43)57-55-49-26-24-44(33-53(49)58-54(48)55)37-15-17-39(18-16-37)50-31-45-22-21-42(30-51(45)56-50)35-9-5-2-6-10-35/h1-28,30-33,56H,29H2. The Morgan fingerprint density at radius 2 is 0.862 bits per heavy atom. The monoisotopic (exact) mass is 773 g/mol. The summed E-state index contributed by atoms with van der Waals surface area (Å²) in [7, 11) is 0. The second-order valence-electron chi connectivity index (χ2n) is 15.4. The van der Waals surface area contributed by atoms with Gasteiger partial charge in [0.1, 0.15) is 0 Å². The fourth-order valence-electron chi connectivity index (χ4n) is 8.77. The van der Waals surface area contributed by atoms with Crippen LogP contribution < -0.4 is 0 Å². The Morgan fingerprint density at radius 3 is 1.48 bits per heavy atom. The molecule has 0 saturated carbocycles. The van der Waals surface area contributed by atoms with Gasteiger partial charge in [0.05, 0.1) is 9.40 Å². The average molecular weight is 774 g/mol. The first-order chi connectivity index (χ1) is 28.7. The lowest BCUT2D eigenvalue weighted by atomic mass is 9.98. The number of allylic oxidation sites excluding steroid dienone is 1. The summed E-state index contributed by atoms with van der Waals surface area (Å²) in [5.74, 6) is 0. The Hall–Kier alpha value is -6.78. The molecule has 0 saturated heterocycles. The Bertz CT molecular complexity index is 3380. The molecule has 0 bridgehead atoms. The van der Waals surface area contributed by atoms with Crippen LogP contribution in [0.1, 0.15) is 16.7 Å². The molecule has 1 N–H and O–H groups in total. The lowest BCUT2D eigenvalue weighted by molar-refractivity contribution is 1.32. The first-order valence-corrected chi connectivity index (χ1v) is 21.5. The van der Waals surface area contributed by atoms with Gasteiger partial charge in [0.25, 0.3) is 0 Å². The Balaban J connectivity index is 0.777. The van der Waals surface area contributed by atoms with Gasteiger partial charge in [0.2, 0.25) is 0 Å². The number of hydrogen-bond acceptors (Lipinski definition) is 2. The van der Waals surface area contributed by atoms with E-state index in [-0.39, 0.29) is 0 Å². The summed E-state index contributed by atoms with van der Waals surface area (Å²) >= 11 is 3.84. The summed E-state index contributed by atoms with van der Waals surface area (Å²) in [6, 6.07) is 69.2. The Kier molecular flexibility index (Phi) is 7.72. The van der Waals surface area contributed by atoms with Crippen LogP contribution in [-0.4, -0.2) is 4.98 Å². The molecule has 0 radical (unpaired) electrons. The molecule has 3 heterocycles. The molecule has 3 aromatic heterocycles. The molecule has 8 aromatic carbocycles. The van der Waals surface area contributed by atoms with Crippen LogP contribution in [0, 0.1) is 0 Å². The minimum absolute atomic E-state index is 0.970. The number of aromatic amines is 1. The van der Waals surface area contributed by atoms with E-state index in [2.05, 4.69) is 199 Å². The van der Waals surface area contributed by atoms with Gasteiger partial charge in [-0.3, -0.25) is 0 Å². The minimum atomic E-state index is 0.970. The van der Waals surface area contributed by atoms with E-state index in [1.807, 2.05) is 22.7 Å². The third-order valence-electron chi connectivity index (χ3n) is 11.9. The van der Waals surface area contributed by atoms with E-state index in [1.54, 1.807) is 0 Å². The number of hydrogen-bond donors (Lipinski definition) is 1. The summed E-state index contributed by atoms with van der Waals surface area (Å²) < 4.78 is 5.47. The second-order valence-corrected chi connectivity index (χ2v) is 17.5. The molecule has 58 heavy (non-hydrogen) atoms. The molecule has 1 aliphatic carbocycles. The minimum Gasteiger partial charge on any atom is -0.355 e.